The van der Waals surface area contributed by atoms with Crippen LogP contribution in [-0.2, 0) is 0 Å². The molecule has 2 aromatic carbocycles. The number of nitrogens with zero attached hydrogens (tertiary/aromatic N) is 2. The number of ether oxygens (including phenoxy) is 1. The minimum Gasteiger partial charge on any atom is -0.451 e. The van der Waals surface area contributed by atoms with E-state index in [1.54, 1.807) is 19.2 Å². The van der Waals surface area contributed by atoms with Crippen LogP contribution in [0.15, 0.2) is 42.5 Å². The first-order valence-corrected chi connectivity index (χ1v) is 11.3. The fourth-order valence-electron chi connectivity index (χ4n) is 3.43. The predicted octanol–water partition coefficient (Wildman–Crippen LogP) is 3.95. The molecule has 0 spiro atoms. The molecule has 0 radical (unpaired) electrons. The van der Waals surface area contributed by atoms with Crippen molar-refractivity contribution in [3.05, 3.63) is 53.6 Å². The average Bonchev–Trinajstić information content (AvgIpc) is 2.81. The maximum Gasteiger partial charge on any atom is 0.251 e. The lowest BCUT2D eigenvalue weighted by Crippen LogP contribution is -2.48. The minimum absolute atomic E-state index is 0.111. The van der Waals surface area contributed by atoms with Gasteiger partial charge in [0.05, 0.1) is 5.69 Å². The molecule has 1 saturated heterocycles. The van der Waals surface area contributed by atoms with E-state index in [4.69, 9.17) is 17.0 Å². The van der Waals surface area contributed by atoms with Crippen LogP contribution in [0.1, 0.15) is 29.8 Å². The zero-order valence-electron chi connectivity index (χ0n) is 19.0. The fraction of sp³-hybridized carbons (Fsp3) is 0.417. The molecule has 1 heterocycles. The van der Waals surface area contributed by atoms with Gasteiger partial charge in [-0.3, -0.25) is 9.69 Å². The molecule has 2 N–H and O–H groups in total. The van der Waals surface area contributed by atoms with E-state index >= 15 is 0 Å². The van der Waals surface area contributed by atoms with Crippen LogP contribution in [0.2, 0.25) is 0 Å². The molecule has 168 valence electrons. The van der Waals surface area contributed by atoms with Gasteiger partial charge in [-0.05, 0) is 49.5 Å². The van der Waals surface area contributed by atoms with Gasteiger partial charge in [0, 0.05) is 57.6 Å². The Morgan fingerprint density at radius 3 is 2.39 bits per heavy atom. The number of hydrogen-bond acceptors (Lipinski definition) is 6. The Morgan fingerprint density at radius 1 is 1.10 bits per heavy atom. The van der Waals surface area contributed by atoms with E-state index in [1.807, 2.05) is 19.9 Å². The van der Waals surface area contributed by atoms with Crippen molar-refractivity contribution >= 4 is 35.1 Å². The third-order valence-electron chi connectivity index (χ3n) is 5.17. The molecule has 6 nitrogen and oxygen atoms in total. The van der Waals surface area contributed by atoms with Crippen molar-refractivity contribution in [2.45, 2.75) is 20.8 Å². The summed E-state index contributed by atoms with van der Waals surface area (Å²) < 4.78 is 5.31. The van der Waals surface area contributed by atoms with Crippen LogP contribution in [-0.4, -0.2) is 62.7 Å². The molecule has 7 heteroatoms. The molecule has 1 fully saturated rings. The molecule has 0 unspecified atom stereocenters. The van der Waals surface area contributed by atoms with Gasteiger partial charge in [0.1, 0.15) is 0 Å². The van der Waals surface area contributed by atoms with E-state index in [-0.39, 0.29) is 5.91 Å². The summed E-state index contributed by atoms with van der Waals surface area (Å²) in [6.45, 7) is 11.5. The van der Waals surface area contributed by atoms with Crippen molar-refractivity contribution in [3.63, 3.8) is 0 Å². The molecule has 0 atom stereocenters. The average molecular weight is 443 g/mol. The molecule has 2 aromatic rings. The van der Waals surface area contributed by atoms with Gasteiger partial charge >= 0.3 is 0 Å². The number of piperazine rings is 1. The summed E-state index contributed by atoms with van der Waals surface area (Å²) >= 11 is 4.75. The van der Waals surface area contributed by atoms with Crippen molar-refractivity contribution in [2.24, 2.45) is 0 Å². The summed E-state index contributed by atoms with van der Waals surface area (Å²) in [5, 5.41) is 6.01. The summed E-state index contributed by atoms with van der Waals surface area (Å²) in [6.07, 6.45) is 0. The largest absolute Gasteiger partial charge is 0.451 e. The Kier molecular flexibility index (Phi) is 10.3. The van der Waals surface area contributed by atoms with Crippen LogP contribution in [0.25, 0.3) is 0 Å². The van der Waals surface area contributed by atoms with Gasteiger partial charge in [-0.15, -0.1) is 0 Å². The molecule has 0 aromatic heterocycles. The molecule has 31 heavy (non-hydrogen) atoms. The molecule has 3 rings (SSSR count). The molecule has 0 bridgehead atoms. The maximum atomic E-state index is 12.5. The molecule has 1 aliphatic heterocycles. The minimum atomic E-state index is -0.111. The van der Waals surface area contributed by atoms with Crippen LogP contribution in [0.3, 0.4) is 0 Å². The van der Waals surface area contributed by atoms with Crippen LogP contribution >= 0.6 is 12.2 Å². The number of rotatable bonds is 8. The third-order valence-corrected chi connectivity index (χ3v) is 5.27. The molecule has 0 saturated carbocycles. The van der Waals surface area contributed by atoms with E-state index in [0.717, 1.165) is 38.4 Å². The molecule has 1 amide bonds. The van der Waals surface area contributed by atoms with Gasteiger partial charge in [0.25, 0.3) is 5.91 Å². The van der Waals surface area contributed by atoms with Gasteiger partial charge < -0.3 is 20.3 Å². The first kappa shape index (κ1) is 24.6. The summed E-state index contributed by atoms with van der Waals surface area (Å²) in [6, 6.07) is 14.0. The van der Waals surface area contributed by atoms with E-state index < -0.39 is 0 Å². The summed E-state index contributed by atoms with van der Waals surface area (Å²) in [5.74, 6) is 0.433. The Labute approximate surface area is 191 Å². The fourth-order valence-corrected chi connectivity index (χ4v) is 3.54. The number of aryl methyl sites for hydroxylation is 1. The summed E-state index contributed by atoms with van der Waals surface area (Å²) in [7, 11) is 1.80. The molecule has 1 aliphatic rings. The monoisotopic (exact) mass is 442 g/mol. The first-order chi connectivity index (χ1) is 15.1. The highest BCUT2D eigenvalue weighted by molar-refractivity contribution is 7.78. The number of nitrogens with one attached hydrogen (secondary N) is 2. The maximum absolute atomic E-state index is 12.5. The SMILES string of the molecule is CC.CNc1ccc(C(=O)NCCN2CCN(c3ccc(C)cc3)CC2)cc1OC=S. The van der Waals surface area contributed by atoms with Gasteiger partial charge in [-0.1, -0.05) is 31.5 Å². The number of thiocarbonyl (C=S) groups is 1. The topological polar surface area (TPSA) is 56.8 Å². The Hall–Kier alpha value is -2.64. The Bertz CT molecular complexity index is 834. The van der Waals surface area contributed by atoms with Gasteiger partial charge in [-0.25, -0.2) is 0 Å². The number of carbonyl (C=O) groups excluding carboxylic acids is 1. The predicted molar refractivity (Wildman–Crippen MR) is 134 cm³/mol. The van der Waals surface area contributed by atoms with E-state index in [0.29, 0.717) is 17.9 Å². The van der Waals surface area contributed by atoms with Crippen LogP contribution in [0, 0.1) is 6.92 Å². The van der Waals surface area contributed by atoms with E-state index in [2.05, 4.69) is 51.6 Å². The lowest BCUT2D eigenvalue weighted by atomic mass is 10.1. The van der Waals surface area contributed by atoms with Gasteiger partial charge in [0.2, 0.25) is 0 Å². The van der Waals surface area contributed by atoms with Gasteiger partial charge in [0.15, 0.2) is 11.3 Å². The van der Waals surface area contributed by atoms with Crippen LogP contribution in [0.4, 0.5) is 11.4 Å². The standard InChI is InChI=1S/C22H28N4O2S.C2H6/c1-17-3-6-19(7-4-17)26-13-11-25(12-14-26)10-9-24-22(27)18-5-8-20(23-2)21(15-18)28-16-29;1-2/h3-8,15-16,23H,9-14H2,1-2H3,(H,24,27);1-2H3. The zero-order chi connectivity index (χ0) is 22.6. The number of carbonyl (C=O) groups is 1. The highest BCUT2D eigenvalue weighted by atomic mass is 32.1. The number of anilines is 2. The van der Waals surface area contributed by atoms with Crippen LogP contribution in [0.5, 0.6) is 5.75 Å². The van der Waals surface area contributed by atoms with Crippen LogP contribution < -0.4 is 20.3 Å². The normalized spacial score (nSPS) is 13.6. The second-order valence-electron chi connectivity index (χ2n) is 7.10. The highest BCUT2D eigenvalue weighted by Gasteiger charge is 2.17. The number of hydrogen-bond donors (Lipinski definition) is 2. The smallest absolute Gasteiger partial charge is 0.251 e. The Balaban J connectivity index is 0.00000166. The second kappa shape index (κ2) is 12.9. The Morgan fingerprint density at radius 2 is 1.77 bits per heavy atom. The summed E-state index contributed by atoms with van der Waals surface area (Å²) in [4.78, 5) is 17.3. The van der Waals surface area contributed by atoms with Crippen molar-refractivity contribution < 1.29 is 9.53 Å². The number of amides is 1. The van der Waals surface area contributed by atoms with Crippen molar-refractivity contribution in [1.82, 2.24) is 10.2 Å². The van der Waals surface area contributed by atoms with E-state index in [9.17, 15) is 4.79 Å². The molecule has 0 aliphatic carbocycles. The second-order valence-corrected chi connectivity index (χ2v) is 7.29. The van der Waals surface area contributed by atoms with Crippen molar-refractivity contribution in [1.29, 1.82) is 0 Å². The molecular weight excluding hydrogens is 408 g/mol. The zero-order valence-corrected chi connectivity index (χ0v) is 19.8. The molecular formula is C24H34N4O2S. The van der Waals surface area contributed by atoms with Crippen molar-refractivity contribution in [3.8, 4) is 5.75 Å². The van der Waals surface area contributed by atoms with E-state index in [1.165, 1.54) is 16.8 Å². The summed E-state index contributed by atoms with van der Waals surface area (Å²) in [5.41, 5.74) is 5.09. The van der Waals surface area contributed by atoms with Gasteiger partial charge in [-0.2, -0.15) is 0 Å². The number of benzene rings is 2. The lowest BCUT2D eigenvalue weighted by molar-refractivity contribution is 0.0947. The quantitative estimate of drug-likeness (QED) is 0.604. The third kappa shape index (κ3) is 7.22. The highest BCUT2D eigenvalue weighted by Crippen LogP contribution is 2.25. The lowest BCUT2D eigenvalue weighted by Gasteiger charge is -2.36. The van der Waals surface area contributed by atoms with Crippen molar-refractivity contribution in [2.75, 3.05) is 56.5 Å². The first-order valence-electron chi connectivity index (χ1n) is 10.8.